The van der Waals surface area contributed by atoms with Crippen molar-refractivity contribution in [2.24, 2.45) is 15.3 Å². The Hall–Kier alpha value is -3.52. The highest BCUT2D eigenvalue weighted by Crippen LogP contribution is 2.33. The summed E-state index contributed by atoms with van der Waals surface area (Å²) >= 11 is 0. The highest BCUT2D eigenvalue weighted by Gasteiger charge is 2.35. The lowest BCUT2D eigenvalue weighted by Gasteiger charge is -2.12. The van der Waals surface area contributed by atoms with Gasteiger partial charge in [-0.05, 0) is 42.6 Å². The second kappa shape index (κ2) is 8.12. The van der Waals surface area contributed by atoms with Crippen molar-refractivity contribution in [3.8, 4) is 0 Å². The van der Waals surface area contributed by atoms with Crippen LogP contribution in [0.3, 0.4) is 0 Å². The summed E-state index contributed by atoms with van der Waals surface area (Å²) in [5.74, 6) is -0.606. The van der Waals surface area contributed by atoms with E-state index < -0.39 is 37.1 Å². The summed E-state index contributed by atoms with van der Waals surface area (Å²) in [4.78, 5) is 12.1. The van der Waals surface area contributed by atoms with Gasteiger partial charge in [-0.2, -0.15) is 37.2 Å². The third-order valence-corrected chi connectivity index (χ3v) is 6.69. The van der Waals surface area contributed by atoms with Crippen molar-refractivity contribution in [1.29, 1.82) is 0 Å². The normalized spacial score (nSPS) is 17.2. The smallest absolute Gasteiger partial charge is 0.282 e. The molecule has 11 nitrogen and oxygen atoms in total. The summed E-state index contributed by atoms with van der Waals surface area (Å²) in [6, 6.07) is 13.1. The standard InChI is InChI=1S/C20H16N4O7S2/c1-12-18(20(25)24(23-12)14-7-9-15(10-8-14)32(26,27)28)22-21-17-11-6-13-4-2-3-5-16(13)19(17)33(29,30)31/h2-11,18H,1H3,(H,26,27,28)(H,29,30,31). The van der Waals surface area contributed by atoms with Crippen LogP contribution in [0.15, 0.2) is 85.8 Å². The maximum Gasteiger partial charge on any atom is 0.297 e. The number of carbonyl (C=O) groups excluding carboxylic acids is 1. The average molecular weight is 489 g/mol. The van der Waals surface area contributed by atoms with Crippen molar-refractivity contribution in [3.05, 3.63) is 60.7 Å². The van der Waals surface area contributed by atoms with Gasteiger partial charge in [-0.1, -0.05) is 30.3 Å². The molecule has 0 aliphatic carbocycles. The van der Waals surface area contributed by atoms with Gasteiger partial charge >= 0.3 is 0 Å². The molecule has 0 spiro atoms. The first-order chi connectivity index (χ1) is 15.5. The fourth-order valence-corrected chi connectivity index (χ4v) is 4.65. The number of benzene rings is 3. The summed E-state index contributed by atoms with van der Waals surface area (Å²) in [6.45, 7) is 1.53. The number of hydrazone groups is 1. The number of azo groups is 1. The van der Waals surface area contributed by atoms with Crippen molar-refractivity contribution in [3.63, 3.8) is 0 Å². The monoisotopic (exact) mass is 488 g/mol. The van der Waals surface area contributed by atoms with E-state index in [0.29, 0.717) is 5.39 Å². The SMILES string of the molecule is CC1=NN(c2ccc(S(=O)(=O)O)cc2)C(=O)C1N=Nc1ccc2ccccc2c1S(=O)(=O)O. The molecule has 1 unspecified atom stereocenters. The topological polar surface area (TPSA) is 166 Å². The lowest BCUT2D eigenvalue weighted by molar-refractivity contribution is -0.117. The Morgan fingerprint density at radius 3 is 2.21 bits per heavy atom. The minimum atomic E-state index is -4.65. The van der Waals surface area contributed by atoms with Gasteiger partial charge in [0.1, 0.15) is 10.6 Å². The van der Waals surface area contributed by atoms with E-state index in [2.05, 4.69) is 15.3 Å². The molecule has 2 N–H and O–H groups in total. The fraction of sp³-hybridized carbons (Fsp3) is 0.100. The van der Waals surface area contributed by atoms with Crippen LogP contribution < -0.4 is 5.01 Å². The Labute approximate surface area is 188 Å². The summed E-state index contributed by atoms with van der Waals surface area (Å²) in [5.41, 5.74) is 0.346. The van der Waals surface area contributed by atoms with Crippen LogP contribution in [0, 0.1) is 0 Å². The molecule has 1 aliphatic heterocycles. The van der Waals surface area contributed by atoms with Crippen LogP contribution in [0.5, 0.6) is 0 Å². The van der Waals surface area contributed by atoms with Crippen LogP contribution >= 0.6 is 0 Å². The Morgan fingerprint density at radius 1 is 0.909 bits per heavy atom. The second-order valence-electron chi connectivity index (χ2n) is 7.09. The largest absolute Gasteiger partial charge is 0.297 e. The van der Waals surface area contributed by atoms with Gasteiger partial charge in [0.2, 0.25) is 0 Å². The molecule has 13 heteroatoms. The van der Waals surface area contributed by atoms with Crippen LogP contribution in [-0.2, 0) is 25.0 Å². The van der Waals surface area contributed by atoms with Gasteiger partial charge in [0, 0.05) is 5.39 Å². The number of carbonyl (C=O) groups is 1. The Bertz CT molecular complexity index is 1550. The number of hydrogen-bond acceptors (Lipinski definition) is 8. The number of fused-ring (bicyclic) bond motifs is 1. The number of amides is 1. The number of nitrogens with zero attached hydrogens (tertiary/aromatic N) is 4. The molecule has 1 atom stereocenters. The van der Waals surface area contributed by atoms with E-state index in [0.717, 1.165) is 17.1 Å². The van der Waals surface area contributed by atoms with Crippen molar-refractivity contribution in [2.45, 2.75) is 22.8 Å². The van der Waals surface area contributed by atoms with Crippen molar-refractivity contribution in [1.82, 2.24) is 0 Å². The minimum absolute atomic E-state index is 0.146. The Balaban J connectivity index is 1.67. The number of rotatable bonds is 5. The Kier molecular flexibility index (Phi) is 5.57. The van der Waals surface area contributed by atoms with E-state index in [4.69, 9.17) is 4.55 Å². The third kappa shape index (κ3) is 4.39. The first-order valence-electron chi connectivity index (χ1n) is 9.33. The molecule has 0 radical (unpaired) electrons. The van der Waals surface area contributed by atoms with Gasteiger partial charge in [0.25, 0.3) is 26.1 Å². The van der Waals surface area contributed by atoms with E-state index in [9.17, 15) is 26.2 Å². The lowest BCUT2D eigenvalue weighted by Crippen LogP contribution is -2.29. The minimum Gasteiger partial charge on any atom is -0.282 e. The molecule has 1 aliphatic rings. The highest BCUT2D eigenvalue weighted by atomic mass is 32.2. The quantitative estimate of drug-likeness (QED) is 0.411. The molecule has 0 bridgehead atoms. The van der Waals surface area contributed by atoms with Gasteiger partial charge in [0.15, 0.2) is 6.04 Å². The van der Waals surface area contributed by atoms with Gasteiger partial charge in [-0.25, -0.2) is 0 Å². The van der Waals surface area contributed by atoms with Crippen LogP contribution in [-0.4, -0.2) is 43.6 Å². The highest BCUT2D eigenvalue weighted by molar-refractivity contribution is 7.86. The molecule has 3 aromatic carbocycles. The van der Waals surface area contributed by atoms with Gasteiger partial charge in [0.05, 0.1) is 16.3 Å². The number of hydrogen-bond donors (Lipinski definition) is 2. The summed E-state index contributed by atoms with van der Waals surface area (Å²) in [7, 11) is -9.04. The average Bonchev–Trinajstić information content (AvgIpc) is 3.03. The van der Waals surface area contributed by atoms with Crippen LogP contribution in [0.4, 0.5) is 11.4 Å². The summed E-state index contributed by atoms with van der Waals surface area (Å²) < 4.78 is 65.3. The molecule has 33 heavy (non-hydrogen) atoms. The summed E-state index contributed by atoms with van der Waals surface area (Å²) in [6.07, 6.45) is 0. The molecule has 170 valence electrons. The van der Waals surface area contributed by atoms with Gasteiger partial charge < -0.3 is 0 Å². The van der Waals surface area contributed by atoms with Crippen molar-refractivity contribution in [2.75, 3.05) is 5.01 Å². The third-order valence-electron chi connectivity index (χ3n) is 4.87. The maximum atomic E-state index is 12.8. The summed E-state index contributed by atoms with van der Waals surface area (Å²) in [5, 5.41) is 13.8. The molecule has 0 saturated carbocycles. The molecule has 0 fully saturated rings. The van der Waals surface area contributed by atoms with E-state index in [1.165, 1.54) is 31.2 Å². The van der Waals surface area contributed by atoms with Crippen LogP contribution in [0.25, 0.3) is 10.8 Å². The van der Waals surface area contributed by atoms with Crippen LogP contribution in [0.2, 0.25) is 0 Å². The molecule has 1 heterocycles. The van der Waals surface area contributed by atoms with E-state index in [1.807, 2.05) is 0 Å². The molecule has 4 rings (SSSR count). The maximum absolute atomic E-state index is 12.8. The van der Waals surface area contributed by atoms with Gasteiger partial charge in [-0.3, -0.25) is 13.9 Å². The van der Waals surface area contributed by atoms with Crippen molar-refractivity contribution < 1.29 is 30.7 Å². The zero-order chi connectivity index (χ0) is 24.0. The van der Waals surface area contributed by atoms with E-state index in [-0.39, 0.29) is 27.4 Å². The predicted molar refractivity (Wildman–Crippen MR) is 119 cm³/mol. The lowest BCUT2D eigenvalue weighted by atomic mass is 10.1. The molecular weight excluding hydrogens is 472 g/mol. The van der Waals surface area contributed by atoms with Crippen LogP contribution in [0.1, 0.15) is 6.92 Å². The zero-order valence-electron chi connectivity index (χ0n) is 16.9. The number of anilines is 1. The Morgan fingerprint density at radius 2 is 1.58 bits per heavy atom. The molecule has 0 aromatic heterocycles. The predicted octanol–water partition coefficient (Wildman–Crippen LogP) is 3.21. The van der Waals surface area contributed by atoms with E-state index >= 15 is 0 Å². The van der Waals surface area contributed by atoms with Gasteiger partial charge in [-0.15, -0.1) is 0 Å². The zero-order valence-corrected chi connectivity index (χ0v) is 18.5. The first kappa shape index (κ1) is 22.7. The molecule has 0 saturated heterocycles. The molecule has 1 amide bonds. The second-order valence-corrected chi connectivity index (χ2v) is 9.87. The van der Waals surface area contributed by atoms with E-state index in [1.54, 1.807) is 24.3 Å². The fourth-order valence-electron chi connectivity index (χ4n) is 3.33. The first-order valence-corrected chi connectivity index (χ1v) is 12.2. The van der Waals surface area contributed by atoms with Crippen molar-refractivity contribution >= 4 is 54.0 Å². The molecular formula is C20H16N4O7S2. The molecule has 3 aromatic rings.